The van der Waals surface area contributed by atoms with Gasteiger partial charge in [0.15, 0.2) is 0 Å². The fourth-order valence-electron chi connectivity index (χ4n) is 1.33. The lowest BCUT2D eigenvalue weighted by Crippen LogP contribution is -2.32. The van der Waals surface area contributed by atoms with Gasteiger partial charge in [0.05, 0.1) is 11.0 Å². The van der Waals surface area contributed by atoms with Crippen LogP contribution in [-0.2, 0) is 4.74 Å². The molecular weight excluding hydrogens is 228 g/mol. The van der Waals surface area contributed by atoms with Crippen molar-refractivity contribution in [2.75, 3.05) is 0 Å². The highest BCUT2D eigenvalue weighted by Gasteiger charge is 2.21. The Hall–Kier alpha value is -1.56. The average Bonchev–Trinajstić information content (AvgIpc) is 2.58. The topological polar surface area (TPSA) is 64.1 Å². The molecule has 0 fully saturated rings. The number of imidazole rings is 1. The Bertz CT molecular complexity index is 585. The summed E-state index contributed by atoms with van der Waals surface area (Å²) in [5.74, 6) is 0. The molecule has 2 aromatic rings. The first-order chi connectivity index (χ1) is 7.38. The lowest BCUT2D eigenvalue weighted by Gasteiger charge is -2.19. The fourth-order valence-corrected chi connectivity index (χ4v) is 2.07. The minimum absolute atomic E-state index is 0.466. The van der Waals surface area contributed by atoms with Crippen LogP contribution in [0.2, 0.25) is 0 Å². The first kappa shape index (κ1) is 10.9. The Balaban J connectivity index is 2.46. The monoisotopic (exact) mass is 240 g/mol. The summed E-state index contributed by atoms with van der Waals surface area (Å²) < 4.78 is 6.16. The van der Waals surface area contributed by atoms with Crippen LogP contribution in [0.15, 0.2) is 15.6 Å². The molecule has 5 nitrogen and oxygen atoms in total. The predicted molar refractivity (Wildman–Crippen MR) is 62.1 cm³/mol. The number of nitrogens with one attached hydrogen (secondary N) is 1. The summed E-state index contributed by atoms with van der Waals surface area (Å²) >= 11 is 1.42. The third-order valence-electron chi connectivity index (χ3n) is 1.90. The van der Waals surface area contributed by atoms with Crippen molar-refractivity contribution in [3.8, 4) is 0 Å². The highest BCUT2D eigenvalue weighted by atomic mass is 32.1. The largest absolute Gasteiger partial charge is 0.443 e. The number of aromatic nitrogens is 2. The van der Waals surface area contributed by atoms with Crippen molar-refractivity contribution in [1.82, 2.24) is 9.55 Å². The zero-order valence-corrected chi connectivity index (χ0v) is 10.1. The number of ether oxygens (including phenoxy) is 1. The molecule has 86 valence electrons. The maximum absolute atomic E-state index is 11.8. The highest BCUT2D eigenvalue weighted by molar-refractivity contribution is 7.09. The number of thiophene rings is 1. The number of hydrogen-bond acceptors (Lipinski definition) is 4. The zero-order valence-electron chi connectivity index (χ0n) is 9.23. The standard InChI is InChI=1S/C10H12N2O3S/c1-10(2,3)15-9(14)12-7-5-16-4-6(7)11-8(12)13/h4-5H,1-3H3,(H,11,13). The lowest BCUT2D eigenvalue weighted by molar-refractivity contribution is 0.0538. The van der Waals surface area contributed by atoms with Crippen molar-refractivity contribution in [3.63, 3.8) is 0 Å². The van der Waals surface area contributed by atoms with Crippen LogP contribution in [-0.4, -0.2) is 21.2 Å². The number of hydrogen-bond donors (Lipinski definition) is 1. The van der Waals surface area contributed by atoms with E-state index in [2.05, 4.69) is 4.98 Å². The van der Waals surface area contributed by atoms with Gasteiger partial charge >= 0.3 is 11.8 Å². The first-order valence-corrected chi connectivity index (χ1v) is 5.73. The average molecular weight is 240 g/mol. The second-order valence-corrected chi connectivity index (χ2v) is 5.16. The number of fused-ring (bicyclic) bond motifs is 1. The van der Waals surface area contributed by atoms with Gasteiger partial charge in [0.25, 0.3) is 0 Å². The van der Waals surface area contributed by atoms with Crippen LogP contribution in [0.5, 0.6) is 0 Å². The summed E-state index contributed by atoms with van der Waals surface area (Å²) in [5.41, 5.74) is 0.132. The van der Waals surface area contributed by atoms with Crippen molar-refractivity contribution >= 4 is 28.5 Å². The number of carbonyl (C=O) groups excluding carboxylic acids is 1. The van der Waals surface area contributed by atoms with Crippen molar-refractivity contribution < 1.29 is 9.53 Å². The third kappa shape index (κ3) is 1.88. The van der Waals surface area contributed by atoms with Gasteiger partial charge in [-0.1, -0.05) is 0 Å². The van der Waals surface area contributed by atoms with Crippen molar-refractivity contribution in [2.45, 2.75) is 26.4 Å². The van der Waals surface area contributed by atoms with Gasteiger partial charge in [0.1, 0.15) is 5.60 Å². The van der Waals surface area contributed by atoms with E-state index in [0.717, 1.165) is 4.57 Å². The second kappa shape index (κ2) is 3.48. The van der Waals surface area contributed by atoms with Gasteiger partial charge in [-0.25, -0.2) is 9.59 Å². The zero-order chi connectivity index (χ0) is 11.9. The Morgan fingerprint density at radius 1 is 1.44 bits per heavy atom. The Kier molecular flexibility index (Phi) is 2.38. The minimum Gasteiger partial charge on any atom is -0.443 e. The van der Waals surface area contributed by atoms with E-state index >= 15 is 0 Å². The molecule has 0 aliphatic heterocycles. The number of rotatable bonds is 0. The third-order valence-corrected chi connectivity index (χ3v) is 2.63. The maximum atomic E-state index is 11.8. The van der Waals surface area contributed by atoms with E-state index in [4.69, 9.17) is 4.74 Å². The van der Waals surface area contributed by atoms with Crippen LogP contribution >= 0.6 is 11.3 Å². The van der Waals surface area contributed by atoms with Gasteiger partial charge in [-0.15, -0.1) is 11.3 Å². The van der Waals surface area contributed by atoms with E-state index in [1.165, 1.54) is 11.3 Å². The van der Waals surface area contributed by atoms with Gasteiger partial charge in [-0.2, -0.15) is 4.57 Å². The number of aromatic amines is 1. The summed E-state index contributed by atoms with van der Waals surface area (Å²) in [6.07, 6.45) is -0.651. The van der Waals surface area contributed by atoms with Crippen LogP contribution in [0.1, 0.15) is 20.8 Å². The lowest BCUT2D eigenvalue weighted by atomic mass is 10.2. The predicted octanol–water partition coefficient (Wildman–Crippen LogP) is 2.17. The van der Waals surface area contributed by atoms with Crippen LogP contribution in [0.4, 0.5) is 4.79 Å². The molecule has 0 bridgehead atoms. The molecule has 1 N–H and O–H groups in total. The van der Waals surface area contributed by atoms with Crippen LogP contribution in [0.3, 0.4) is 0 Å². The molecule has 0 unspecified atom stereocenters. The SMILES string of the molecule is CC(C)(C)OC(=O)n1c(=O)[nH]c2cscc21. The van der Waals surface area contributed by atoms with Gasteiger partial charge < -0.3 is 9.72 Å². The van der Waals surface area contributed by atoms with Crippen molar-refractivity contribution in [1.29, 1.82) is 0 Å². The summed E-state index contributed by atoms with van der Waals surface area (Å²) in [7, 11) is 0. The van der Waals surface area contributed by atoms with Crippen LogP contribution < -0.4 is 5.69 Å². The van der Waals surface area contributed by atoms with E-state index in [0.29, 0.717) is 11.0 Å². The molecule has 2 rings (SSSR count). The molecular formula is C10H12N2O3S. The van der Waals surface area contributed by atoms with E-state index in [9.17, 15) is 9.59 Å². The Morgan fingerprint density at radius 2 is 2.12 bits per heavy atom. The van der Waals surface area contributed by atoms with Crippen molar-refractivity contribution in [3.05, 3.63) is 21.2 Å². The minimum atomic E-state index is -0.651. The molecule has 0 radical (unpaired) electrons. The summed E-state index contributed by atoms with van der Waals surface area (Å²) in [5, 5.41) is 3.51. The molecule has 6 heteroatoms. The number of nitrogens with zero attached hydrogens (tertiary/aromatic N) is 1. The van der Waals surface area contributed by atoms with E-state index in [1.54, 1.807) is 31.5 Å². The van der Waals surface area contributed by atoms with E-state index in [1.807, 2.05) is 0 Å². The van der Waals surface area contributed by atoms with Crippen molar-refractivity contribution in [2.24, 2.45) is 0 Å². The molecule has 0 aliphatic carbocycles. The van der Waals surface area contributed by atoms with Gasteiger partial charge in [0.2, 0.25) is 0 Å². The maximum Gasteiger partial charge on any atom is 0.423 e. The van der Waals surface area contributed by atoms with Gasteiger partial charge in [-0.05, 0) is 20.8 Å². The molecule has 0 amide bonds. The molecule has 2 aromatic heterocycles. The van der Waals surface area contributed by atoms with E-state index in [-0.39, 0.29) is 0 Å². The molecule has 0 aliphatic rings. The Morgan fingerprint density at radius 3 is 2.75 bits per heavy atom. The normalized spacial score (nSPS) is 11.9. The molecule has 16 heavy (non-hydrogen) atoms. The molecule has 0 spiro atoms. The number of carbonyl (C=O) groups is 1. The quantitative estimate of drug-likeness (QED) is 0.767. The van der Waals surface area contributed by atoms with Gasteiger partial charge in [0, 0.05) is 10.8 Å². The molecule has 0 saturated heterocycles. The van der Waals surface area contributed by atoms with Gasteiger partial charge in [-0.3, -0.25) is 0 Å². The molecule has 0 aromatic carbocycles. The molecule has 2 heterocycles. The summed E-state index contributed by atoms with van der Waals surface area (Å²) in [6, 6.07) is 0. The van der Waals surface area contributed by atoms with Crippen LogP contribution in [0.25, 0.3) is 11.0 Å². The first-order valence-electron chi connectivity index (χ1n) is 4.79. The second-order valence-electron chi connectivity index (χ2n) is 4.42. The number of H-pyrrole nitrogens is 1. The Labute approximate surface area is 95.7 Å². The molecule has 0 saturated carbocycles. The highest BCUT2D eigenvalue weighted by Crippen LogP contribution is 2.17. The molecule has 0 atom stereocenters. The summed E-state index contributed by atoms with van der Waals surface area (Å²) in [6.45, 7) is 5.27. The smallest absolute Gasteiger partial charge is 0.423 e. The fraction of sp³-hybridized carbons (Fsp3) is 0.400. The van der Waals surface area contributed by atoms with Crippen LogP contribution in [0, 0.1) is 0 Å². The summed E-state index contributed by atoms with van der Waals surface area (Å²) in [4.78, 5) is 25.9. The van der Waals surface area contributed by atoms with E-state index < -0.39 is 17.4 Å².